The van der Waals surface area contributed by atoms with Crippen molar-refractivity contribution in [2.75, 3.05) is 0 Å². The summed E-state index contributed by atoms with van der Waals surface area (Å²) >= 11 is 0. The highest BCUT2D eigenvalue weighted by atomic mass is 28.2. The molecule has 0 atom stereocenters. The lowest BCUT2D eigenvalue weighted by Gasteiger charge is -2.23. The van der Waals surface area contributed by atoms with Gasteiger partial charge in [-0.25, -0.2) is 0 Å². The van der Waals surface area contributed by atoms with E-state index in [9.17, 15) is 0 Å². The van der Waals surface area contributed by atoms with Crippen LogP contribution in [0, 0.1) is 13.8 Å². The largest absolute Gasteiger partial charge is 0.407 e. The average Bonchev–Trinajstić information content (AvgIpc) is 2.14. The molecule has 1 rings (SSSR count). The molecule has 0 bridgehead atoms. The zero-order valence-corrected chi connectivity index (χ0v) is 11.3. The number of benzene rings is 1. The fourth-order valence-corrected chi connectivity index (χ4v) is 2.41. The first-order valence-corrected chi connectivity index (χ1v) is 6.36. The highest BCUT2D eigenvalue weighted by Crippen LogP contribution is 2.12. The summed E-state index contributed by atoms with van der Waals surface area (Å²) in [6.45, 7) is 10.7. The molecule has 0 aliphatic carbocycles. The van der Waals surface area contributed by atoms with E-state index in [1.54, 1.807) is 0 Å². The van der Waals surface area contributed by atoms with Crippen molar-refractivity contribution in [3.8, 4) is 0 Å². The van der Waals surface area contributed by atoms with Crippen molar-refractivity contribution in [1.29, 1.82) is 0 Å². The van der Waals surface area contributed by atoms with Gasteiger partial charge >= 0.3 is 0 Å². The van der Waals surface area contributed by atoms with E-state index in [4.69, 9.17) is 4.43 Å². The molecule has 0 unspecified atom stereocenters. The molecule has 0 aromatic heterocycles. The SMILES string of the molecule is CCC(C)(C)O[Si]c1cc(C)cc(C)c1. The third-order valence-corrected chi connectivity index (χ3v) is 3.70. The van der Waals surface area contributed by atoms with Crippen LogP contribution in [0.15, 0.2) is 18.2 Å². The molecule has 2 radical (unpaired) electrons. The first-order valence-electron chi connectivity index (χ1n) is 5.45. The summed E-state index contributed by atoms with van der Waals surface area (Å²) < 4.78 is 5.90. The van der Waals surface area contributed by atoms with Gasteiger partial charge in [-0.05, 0) is 39.3 Å². The summed E-state index contributed by atoms with van der Waals surface area (Å²) in [6.07, 6.45) is 1.05. The van der Waals surface area contributed by atoms with Crippen LogP contribution in [-0.4, -0.2) is 15.4 Å². The molecular weight excluding hydrogens is 200 g/mol. The lowest BCUT2D eigenvalue weighted by molar-refractivity contribution is 0.114. The lowest BCUT2D eigenvalue weighted by Crippen LogP contribution is -2.31. The van der Waals surface area contributed by atoms with Crippen molar-refractivity contribution in [2.45, 2.75) is 46.6 Å². The standard InChI is InChI=1S/C13H20OSi/c1-6-13(4,5)14-15-12-8-10(2)7-11(3)9-12/h7-9H,6H2,1-5H3. The van der Waals surface area contributed by atoms with Gasteiger partial charge in [0.1, 0.15) is 0 Å². The molecule has 0 amide bonds. The van der Waals surface area contributed by atoms with Gasteiger partial charge in [0.25, 0.3) is 9.76 Å². The molecule has 0 saturated carbocycles. The Balaban J connectivity index is 2.65. The van der Waals surface area contributed by atoms with Crippen molar-refractivity contribution in [2.24, 2.45) is 0 Å². The summed E-state index contributed by atoms with van der Waals surface area (Å²) in [5.74, 6) is 0. The van der Waals surface area contributed by atoms with E-state index in [-0.39, 0.29) is 5.60 Å². The lowest BCUT2D eigenvalue weighted by atomic mass is 10.1. The van der Waals surface area contributed by atoms with Crippen LogP contribution in [0.2, 0.25) is 0 Å². The van der Waals surface area contributed by atoms with Gasteiger partial charge < -0.3 is 4.43 Å². The molecule has 0 N–H and O–H groups in total. The van der Waals surface area contributed by atoms with Gasteiger partial charge in [-0.15, -0.1) is 0 Å². The molecule has 15 heavy (non-hydrogen) atoms. The Morgan fingerprint density at radius 2 is 1.67 bits per heavy atom. The molecule has 0 aliphatic rings. The first kappa shape index (κ1) is 12.5. The monoisotopic (exact) mass is 220 g/mol. The molecule has 1 aromatic carbocycles. The third-order valence-electron chi connectivity index (χ3n) is 2.52. The molecule has 0 heterocycles. The molecule has 1 aromatic rings. The van der Waals surface area contributed by atoms with Gasteiger partial charge in [-0.1, -0.05) is 36.2 Å². The first-order chi connectivity index (χ1) is 6.93. The number of hydrogen-bond donors (Lipinski definition) is 0. The maximum absolute atomic E-state index is 5.90. The van der Waals surface area contributed by atoms with Gasteiger partial charge in [-0.3, -0.25) is 0 Å². The topological polar surface area (TPSA) is 9.23 Å². The number of aryl methyl sites for hydroxylation is 2. The molecular formula is C13H20OSi. The van der Waals surface area contributed by atoms with E-state index >= 15 is 0 Å². The normalized spacial score (nSPS) is 11.8. The van der Waals surface area contributed by atoms with Crippen molar-refractivity contribution >= 4 is 14.9 Å². The fraction of sp³-hybridized carbons (Fsp3) is 0.538. The summed E-state index contributed by atoms with van der Waals surface area (Å²) in [5, 5.41) is 1.30. The Labute approximate surface area is 95.8 Å². The minimum atomic E-state index is -0.00387. The minimum Gasteiger partial charge on any atom is -0.407 e. The highest BCUT2D eigenvalue weighted by molar-refractivity contribution is 6.47. The van der Waals surface area contributed by atoms with Gasteiger partial charge in [-0.2, -0.15) is 0 Å². The van der Waals surface area contributed by atoms with Gasteiger partial charge in [0.15, 0.2) is 0 Å². The molecule has 1 nitrogen and oxygen atoms in total. The van der Waals surface area contributed by atoms with Crippen molar-refractivity contribution in [3.05, 3.63) is 29.3 Å². The second-order valence-corrected chi connectivity index (χ2v) is 5.68. The van der Waals surface area contributed by atoms with Crippen LogP contribution < -0.4 is 5.19 Å². The Bertz CT molecular complexity index is 311. The summed E-state index contributed by atoms with van der Waals surface area (Å²) in [4.78, 5) is 0. The van der Waals surface area contributed by atoms with Gasteiger partial charge in [0.05, 0.1) is 5.60 Å². The van der Waals surface area contributed by atoms with Crippen LogP contribution in [0.4, 0.5) is 0 Å². The van der Waals surface area contributed by atoms with Crippen molar-refractivity contribution < 1.29 is 4.43 Å². The Morgan fingerprint density at radius 1 is 1.13 bits per heavy atom. The average molecular weight is 220 g/mol. The van der Waals surface area contributed by atoms with Gasteiger partial charge in [0, 0.05) is 0 Å². The maximum atomic E-state index is 5.90. The summed E-state index contributed by atoms with van der Waals surface area (Å²) in [7, 11) is 0.455. The van der Waals surface area contributed by atoms with Crippen LogP contribution in [0.5, 0.6) is 0 Å². The number of rotatable bonds is 4. The summed E-state index contributed by atoms with van der Waals surface area (Å²) in [5.41, 5.74) is 2.63. The predicted octanol–water partition coefficient (Wildman–Crippen LogP) is 2.75. The molecule has 0 saturated heterocycles. The molecule has 0 spiro atoms. The van der Waals surface area contributed by atoms with E-state index in [0.717, 1.165) is 6.42 Å². The van der Waals surface area contributed by atoms with Crippen LogP contribution >= 0.6 is 0 Å². The van der Waals surface area contributed by atoms with Crippen LogP contribution in [0.3, 0.4) is 0 Å². The van der Waals surface area contributed by atoms with E-state index in [1.165, 1.54) is 16.3 Å². The van der Waals surface area contributed by atoms with E-state index < -0.39 is 0 Å². The summed E-state index contributed by atoms with van der Waals surface area (Å²) in [6, 6.07) is 6.60. The van der Waals surface area contributed by atoms with Crippen LogP contribution in [-0.2, 0) is 4.43 Å². The Hall–Kier alpha value is -0.603. The molecule has 0 aliphatic heterocycles. The van der Waals surface area contributed by atoms with Crippen molar-refractivity contribution in [3.63, 3.8) is 0 Å². The smallest absolute Gasteiger partial charge is 0.269 e. The molecule has 2 heteroatoms. The van der Waals surface area contributed by atoms with E-state index in [1.807, 2.05) is 0 Å². The fourth-order valence-electron chi connectivity index (χ4n) is 1.30. The Kier molecular flexibility index (Phi) is 4.11. The molecule has 0 fully saturated rings. The highest BCUT2D eigenvalue weighted by Gasteiger charge is 2.15. The molecule has 82 valence electrons. The second-order valence-electron chi connectivity index (χ2n) is 4.69. The third kappa shape index (κ3) is 4.18. The zero-order valence-electron chi connectivity index (χ0n) is 10.3. The van der Waals surface area contributed by atoms with E-state index in [2.05, 4.69) is 52.8 Å². The zero-order chi connectivity index (χ0) is 11.5. The van der Waals surface area contributed by atoms with E-state index in [0.29, 0.717) is 9.76 Å². The van der Waals surface area contributed by atoms with Gasteiger partial charge in [0.2, 0.25) is 0 Å². The quantitative estimate of drug-likeness (QED) is 0.709. The number of hydrogen-bond acceptors (Lipinski definition) is 1. The maximum Gasteiger partial charge on any atom is 0.269 e. The predicted molar refractivity (Wildman–Crippen MR) is 66.8 cm³/mol. The van der Waals surface area contributed by atoms with Crippen molar-refractivity contribution in [1.82, 2.24) is 0 Å². The van der Waals surface area contributed by atoms with Crippen LogP contribution in [0.1, 0.15) is 38.3 Å². The minimum absolute atomic E-state index is 0.00387. The van der Waals surface area contributed by atoms with Crippen LogP contribution in [0.25, 0.3) is 0 Å². The second kappa shape index (κ2) is 4.95. The Morgan fingerprint density at radius 3 is 2.13 bits per heavy atom.